The summed E-state index contributed by atoms with van der Waals surface area (Å²) < 4.78 is 33.4. The maximum Gasteiger partial charge on any atom is 0.265 e. The minimum atomic E-state index is -1.37. The molecule has 3 aromatic rings. The van der Waals surface area contributed by atoms with Crippen molar-refractivity contribution in [1.82, 2.24) is 14.8 Å². The van der Waals surface area contributed by atoms with Crippen LogP contribution in [0.15, 0.2) is 71.9 Å². The number of rotatable bonds is 11. The number of ether oxygens (including phenoxy) is 1. The summed E-state index contributed by atoms with van der Waals surface area (Å²) in [5, 5.41) is 0. The lowest BCUT2D eigenvalue weighted by Gasteiger charge is -2.38. The summed E-state index contributed by atoms with van der Waals surface area (Å²) in [7, 11) is 0. The fraction of sp³-hybridized carbons (Fsp3) is 0.457. The maximum absolute atomic E-state index is 14.2. The molecule has 6 nitrogen and oxygen atoms in total. The molecule has 1 fully saturated rings. The molecule has 5 rings (SSSR count). The second kappa shape index (κ2) is 13.3. The predicted molar refractivity (Wildman–Crippen MR) is 165 cm³/mol. The monoisotopic (exact) mass is 588 g/mol. The van der Waals surface area contributed by atoms with Gasteiger partial charge in [-0.05, 0) is 106 Å². The highest BCUT2D eigenvalue weighted by atomic mass is 19.1. The first-order valence-corrected chi connectivity index (χ1v) is 15.5. The van der Waals surface area contributed by atoms with Gasteiger partial charge in [0.15, 0.2) is 5.54 Å². The minimum absolute atomic E-state index is 0.102. The van der Waals surface area contributed by atoms with Gasteiger partial charge in [-0.15, -0.1) is 0 Å². The van der Waals surface area contributed by atoms with Crippen LogP contribution >= 0.6 is 0 Å². The fourth-order valence-corrected chi connectivity index (χ4v) is 6.54. The quantitative estimate of drug-likeness (QED) is 0.240. The Hall–Kier alpha value is -3.65. The zero-order chi connectivity index (χ0) is 30.6. The van der Waals surface area contributed by atoms with E-state index in [-0.39, 0.29) is 23.6 Å². The van der Waals surface area contributed by atoms with Crippen LogP contribution < -0.4 is 4.74 Å². The highest BCUT2D eigenvalue weighted by Gasteiger charge is 2.50. The Balaban J connectivity index is 1.27. The molecule has 1 amide bonds. The molecule has 8 heteroatoms. The summed E-state index contributed by atoms with van der Waals surface area (Å²) in [6.07, 6.45) is 7.11. The van der Waals surface area contributed by atoms with E-state index in [9.17, 15) is 13.6 Å². The van der Waals surface area contributed by atoms with E-state index in [4.69, 9.17) is 9.73 Å². The van der Waals surface area contributed by atoms with Crippen LogP contribution in [0.3, 0.4) is 0 Å². The zero-order valence-corrected chi connectivity index (χ0v) is 25.6. The first-order valence-electron chi connectivity index (χ1n) is 15.5. The average molecular weight is 589 g/mol. The van der Waals surface area contributed by atoms with Crippen molar-refractivity contribution in [2.24, 2.45) is 4.99 Å². The second-order valence-corrected chi connectivity index (χ2v) is 12.0. The standard InChI is InChI=1S/C35H42F2N4O2/c1-5-6-32(40-20-17-26(18-21-40)27-7-16-33(38-23-27)43-24(2)3)19-22-41-25(4)39-35(34(41)42,28-8-12-30(36)13-9-28)29-10-14-31(37)15-11-29/h7-16,23-24,26,32H,5-6,17-22H2,1-4H3. The van der Waals surface area contributed by atoms with E-state index in [1.54, 1.807) is 29.2 Å². The van der Waals surface area contributed by atoms with Crippen molar-refractivity contribution in [2.45, 2.75) is 83.4 Å². The Labute approximate surface area is 253 Å². The molecule has 43 heavy (non-hydrogen) atoms. The van der Waals surface area contributed by atoms with E-state index in [0.29, 0.717) is 41.3 Å². The van der Waals surface area contributed by atoms with Crippen LogP contribution in [0, 0.1) is 11.6 Å². The van der Waals surface area contributed by atoms with Crippen molar-refractivity contribution in [3.63, 3.8) is 0 Å². The van der Waals surface area contributed by atoms with Gasteiger partial charge < -0.3 is 9.64 Å². The first-order chi connectivity index (χ1) is 20.7. The van der Waals surface area contributed by atoms with Gasteiger partial charge in [0, 0.05) is 24.8 Å². The van der Waals surface area contributed by atoms with Crippen LogP contribution in [0.5, 0.6) is 5.88 Å². The molecule has 1 atom stereocenters. The maximum atomic E-state index is 14.2. The summed E-state index contributed by atoms with van der Waals surface area (Å²) in [4.78, 5) is 28.0. The summed E-state index contributed by atoms with van der Waals surface area (Å²) in [5.41, 5.74) is 1.03. The SMILES string of the molecule is CCCC(CCN1C(=O)C(c2ccc(F)cc2)(c2ccc(F)cc2)N=C1C)N1CCC(c2ccc(OC(C)C)nc2)CC1. The van der Waals surface area contributed by atoms with Crippen LogP contribution in [0.1, 0.15) is 82.4 Å². The van der Waals surface area contributed by atoms with Gasteiger partial charge in [-0.3, -0.25) is 9.69 Å². The van der Waals surface area contributed by atoms with E-state index < -0.39 is 5.54 Å². The lowest BCUT2D eigenvalue weighted by atomic mass is 9.82. The second-order valence-electron chi connectivity index (χ2n) is 12.0. The number of carbonyl (C=O) groups excluding carboxylic acids is 1. The predicted octanol–water partition coefficient (Wildman–Crippen LogP) is 7.09. The molecule has 0 aliphatic carbocycles. The Morgan fingerprint density at radius 2 is 1.53 bits per heavy atom. The van der Waals surface area contributed by atoms with Crippen molar-refractivity contribution >= 4 is 11.7 Å². The molecule has 0 radical (unpaired) electrons. The van der Waals surface area contributed by atoms with Crippen molar-refractivity contribution in [3.05, 3.63) is 95.2 Å². The molecule has 0 saturated carbocycles. The van der Waals surface area contributed by atoms with Crippen molar-refractivity contribution in [2.75, 3.05) is 19.6 Å². The number of aromatic nitrogens is 1. The van der Waals surface area contributed by atoms with Gasteiger partial charge in [0.05, 0.1) is 6.10 Å². The molecule has 1 aromatic heterocycles. The van der Waals surface area contributed by atoms with Crippen molar-refractivity contribution < 1.29 is 18.3 Å². The van der Waals surface area contributed by atoms with Crippen LogP contribution in [0.25, 0.3) is 0 Å². The molecule has 0 N–H and O–H groups in total. The summed E-state index contributed by atoms with van der Waals surface area (Å²) in [6, 6.07) is 16.2. The summed E-state index contributed by atoms with van der Waals surface area (Å²) in [5.74, 6) is 0.791. The zero-order valence-electron chi connectivity index (χ0n) is 25.6. The molecule has 228 valence electrons. The molecule has 0 spiro atoms. The topological polar surface area (TPSA) is 58.0 Å². The number of halogens is 2. The molecule has 3 heterocycles. The molecular formula is C35H42F2N4O2. The molecular weight excluding hydrogens is 546 g/mol. The third kappa shape index (κ3) is 6.64. The van der Waals surface area contributed by atoms with E-state index in [2.05, 4.69) is 22.9 Å². The van der Waals surface area contributed by atoms with Gasteiger partial charge in [0.2, 0.25) is 5.88 Å². The van der Waals surface area contributed by atoms with E-state index in [1.807, 2.05) is 33.0 Å². The van der Waals surface area contributed by atoms with Gasteiger partial charge in [-0.25, -0.2) is 18.8 Å². The number of piperidine rings is 1. The van der Waals surface area contributed by atoms with Gasteiger partial charge in [-0.2, -0.15) is 0 Å². The summed E-state index contributed by atoms with van der Waals surface area (Å²) in [6.45, 7) is 10.6. The van der Waals surface area contributed by atoms with Gasteiger partial charge in [0.1, 0.15) is 17.5 Å². The number of amidine groups is 1. The van der Waals surface area contributed by atoms with Crippen LogP contribution in [-0.2, 0) is 10.3 Å². The molecule has 2 aromatic carbocycles. The van der Waals surface area contributed by atoms with Crippen LogP contribution in [-0.4, -0.2) is 58.3 Å². The molecule has 2 aliphatic rings. The molecule has 1 saturated heterocycles. The average Bonchev–Trinajstić information content (AvgIpc) is 3.26. The Kier molecular flexibility index (Phi) is 9.55. The smallest absolute Gasteiger partial charge is 0.265 e. The normalized spacial score (nSPS) is 18.3. The number of hydrogen-bond donors (Lipinski definition) is 0. The largest absolute Gasteiger partial charge is 0.475 e. The highest BCUT2D eigenvalue weighted by Crippen LogP contribution is 2.41. The number of pyridine rings is 1. The first kappa shape index (κ1) is 30.8. The Morgan fingerprint density at radius 3 is 2.05 bits per heavy atom. The van der Waals surface area contributed by atoms with E-state index >= 15 is 0 Å². The molecule has 0 bridgehead atoms. The number of amides is 1. The lowest BCUT2D eigenvalue weighted by molar-refractivity contribution is -0.130. The highest BCUT2D eigenvalue weighted by molar-refractivity contribution is 6.09. The van der Waals surface area contributed by atoms with Gasteiger partial charge >= 0.3 is 0 Å². The van der Waals surface area contributed by atoms with Gasteiger partial charge in [0.25, 0.3) is 5.91 Å². The summed E-state index contributed by atoms with van der Waals surface area (Å²) >= 11 is 0. The van der Waals surface area contributed by atoms with Crippen LogP contribution in [0.4, 0.5) is 8.78 Å². The van der Waals surface area contributed by atoms with E-state index in [0.717, 1.165) is 45.2 Å². The number of nitrogens with zero attached hydrogens (tertiary/aromatic N) is 4. The van der Waals surface area contributed by atoms with Crippen molar-refractivity contribution in [3.8, 4) is 5.88 Å². The third-order valence-corrected chi connectivity index (χ3v) is 8.74. The van der Waals surface area contributed by atoms with Crippen LogP contribution in [0.2, 0.25) is 0 Å². The number of carbonyl (C=O) groups is 1. The number of hydrogen-bond acceptors (Lipinski definition) is 5. The number of aliphatic imine (C=N–C) groups is 1. The minimum Gasteiger partial charge on any atom is -0.475 e. The molecule has 2 aliphatic heterocycles. The third-order valence-electron chi connectivity index (χ3n) is 8.74. The fourth-order valence-electron chi connectivity index (χ4n) is 6.54. The van der Waals surface area contributed by atoms with Crippen molar-refractivity contribution in [1.29, 1.82) is 0 Å². The number of likely N-dealkylation sites (tertiary alicyclic amines) is 1. The molecule has 1 unspecified atom stereocenters. The Bertz CT molecular complexity index is 1350. The van der Waals surface area contributed by atoms with Gasteiger partial charge in [-0.1, -0.05) is 43.7 Å². The number of benzene rings is 2. The Morgan fingerprint density at radius 1 is 0.930 bits per heavy atom. The lowest BCUT2D eigenvalue weighted by Crippen LogP contribution is -2.45. The van der Waals surface area contributed by atoms with E-state index in [1.165, 1.54) is 29.8 Å².